The molecule has 21 heavy (non-hydrogen) atoms. The lowest BCUT2D eigenvalue weighted by molar-refractivity contribution is -0.149. The second kappa shape index (κ2) is 6.95. The molecule has 114 valence electrons. The third-order valence-corrected chi connectivity index (χ3v) is 4.35. The highest BCUT2D eigenvalue weighted by atomic mass is 32.2. The quantitative estimate of drug-likeness (QED) is 0.608. The number of hydrogen-bond donors (Lipinski definition) is 2. The highest BCUT2D eigenvalue weighted by Gasteiger charge is 2.34. The van der Waals surface area contributed by atoms with Crippen molar-refractivity contribution in [2.24, 2.45) is 0 Å². The standard InChI is InChI=1S/C15H21N3O2S/c1-4-16-15(3,13(19)20-5-2)10-21-14-17-11-8-6-7-9-12(11)18-14/h6-9,16H,4-5,10H2,1-3H3,(H,17,18). The van der Waals surface area contributed by atoms with Crippen molar-refractivity contribution < 1.29 is 9.53 Å². The first-order valence-corrected chi connectivity index (χ1v) is 8.07. The van der Waals surface area contributed by atoms with Gasteiger partial charge in [-0.1, -0.05) is 30.8 Å². The SMILES string of the molecule is CCNC(C)(CSc1nc2ccccc2[nH]1)C(=O)OCC. The van der Waals surface area contributed by atoms with Crippen molar-refractivity contribution in [2.45, 2.75) is 31.5 Å². The summed E-state index contributed by atoms with van der Waals surface area (Å²) in [4.78, 5) is 19.9. The van der Waals surface area contributed by atoms with Crippen molar-refractivity contribution in [1.29, 1.82) is 0 Å². The number of aromatic amines is 1. The Kier molecular flexibility index (Phi) is 5.25. The van der Waals surface area contributed by atoms with E-state index in [0.29, 0.717) is 18.9 Å². The number of hydrogen-bond acceptors (Lipinski definition) is 5. The first-order chi connectivity index (χ1) is 10.1. The zero-order chi connectivity index (χ0) is 15.3. The van der Waals surface area contributed by atoms with Crippen molar-refractivity contribution in [3.63, 3.8) is 0 Å². The smallest absolute Gasteiger partial charge is 0.326 e. The highest BCUT2D eigenvalue weighted by Crippen LogP contribution is 2.23. The van der Waals surface area contributed by atoms with E-state index in [2.05, 4.69) is 15.3 Å². The molecule has 0 fully saturated rings. The van der Waals surface area contributed by atoms with Crippen LogP contribution < -0.4 is 5.32 Å². The third kappa shape index (κ3) is 3.77. The number of H-pyrrole nitrogens is 1. The van der Waals surface area contributed by atoms with E-state index in [1.54, 1.807) is 0 Å². The third-order valence-electron chi connectivity index (χ3n) is 3.16. The Labute approximate surface area is 128 Å². The number of likely N-dealkylation sites (N-methyl/N-ethyl adjacent to an activating group) is 1. The maximum absolute atomic E-state index is 12.1. The van der Waals surface area contributed by atoms with Gasteiger partial charge < -0.3 is 15.0 Å². The number of nitrogens with one attached hydrogen (secondary N) is 2. The Morgan fingerprint density at radius 1 is 1.43 bits per heavy atom. The second-order valence-corrected chi connectivity index (χ2v) is 5.89. The number of aromatic nitrogens is 2. The Hall–Kier alpha value is -1.53. The van der Waals surface area contributed by atoms with Gasteiger partial charge in [0.2, 0.25) is 0 Å². The number of imidazole rings is 1. The van der Waals surface area contributed by atoms with Gasteiger partial charge in [0, 0.05) is 5.75 Å². The molecular weight excluding hydrogens is 286 g/mol. The summed E-state index contributed by atoms with van der Waals surface area (Å²) in [7, 11) is 0. The average molecular weight is 307 g/mol. The molecule has 0 aliphatic rings. The van der Waals surface area contributed by atoms with Crippen LogP contribution in [0.5, 0.6) is 0 Å². The van der Waals surface area contributed by atoms with Crippen LogP contribution in [0.15, 0.2) is 29.4 Å². The maximum atomic E-state index is 12.1. The van der Waals surface area contributed by atoms with Gasteiger partial charge in [-0.3, -0.25) is 4.79 Å². The van der Waals surface area contributed by atoms with E-state index in [4.69, 9.17) is 4.74 Å². The van der Waals surface area contributed by atoms with E-state index < -0.39 is 5.54 Å². The molecule has 0 radical (unpaired) electrons. The summed E-state index contributed by atoms with van der Waals surface area (Å²) < 4.78 is 5.16. The number of nitrogens with zero attached hydrogens (tertiary/aromatic N) is 1. The fourth-order valence-electron chi connectivity index (χ4n) is 2.07. The van der Waals surface area contributed by atoms with E-state index in [1.165, 1.54) is 11.8 Å². The van der Waals surface area contributed by atoms with Crippen LogP contribution in [0.1, 0.15) is 20.8 Å². The Bertz CT molecular complexity index is 581. The van der Waals surface area contributed by atoms with Crippen molar-refractivity contribution in [3.8, 4) is 0 Å². The molecule has 0 aliphatic heterocycles. The molecule has 6 heteroatoms. The van der Waals surface area contributed by atoms with Crippen molar-refractivity contribution in [1.82, 2.24) is 15.3 Å². The molecule has 2 rings (SSSR count). The molecule has 1 aromatic carbocycles. The van der Waals surface area contributed by atoms with Gasteiger partial charge in [-0.2, -0.15) is 0 Å². The van der Waals surface area contributed by atoms with E-state index >= 15 is 0 Å². The lowest BCUT2D eigenvalue weighted by atomic mass is 10.1. The van der Waals surface area contributed by atoms with Crippen LogP contribution in [-0.4, -0.2) is 40.4 Å². The normalized spacial score (nSPS) is 14.0. The first kappa shape index (κ1) is 15.9. The van der Waals surface area contributed by atoms with Gasteiger partial charge >= 0.3 is 5.97 Å². The van der Waals surface area contributed by atoms with Crippen molar-refractivity contribution >= 4 is 28.8 Å². The van der Waals surface area contributed by atoms with Crippen LogP contribution in [0.2, 0.25) is 0 Å². The minimum atomic E-state index is -0.714. The topological polar surface area (TPSA) is 67.0 Å². The largest absolute Gasteiger partial charge is 0.465 e. The molecule has 1 atom stereocenters. The van der Waals surface area contributed by atoms with Crippen LogP contribution in [0.4, 0.5) is 0 Å². The summed E-state index contributed by atoms with van der Waals surface area (Å²) in [5.74, 6) is 0.329. The predicted molar refractivity (Wildman–Crippen MR) is 85.5 cm³/mol. The highest BCUT2D eigenvalue weighted by molar-refractivity contribution is 7.99. The Morgan fingerprint density at radius 2 is 2.19 bits per heavy atom. The summed E-state index contributed by atoms with van der Waals surface area (Å²) >= 11 is 1.52. The monoisotopic (exact) mass is 307 g/mol. The van der Waals surface area contributed by atoms with Gasteiger partial charge in [-0.05, 0) is 32.5 Å². The lowest BCUT2D eigenvalue weighted by Gasteiger charge is -2.27. The van der Waals surface area contributed by atoms with Gasteiger partial charge in [0.05, 0.1) is 17.6 Å². The van der Waals surface area contributed by atoms with E-state index in [9.17, 15) is 4.79 Å². The number of carbonyl (C=O) groups excluding carboxylic acids is 1. The van der Waals surface area contributed by atoms with Gasteiger partial charge in [-0.25, -0.2) is 4.98 Å². The fourth-order valence-corrected chi connectivity index (χ4v) is 3.06. The van der Waals surface area contributed by atoms with Crippen LogP contribution in [0.3, 0.4) is 0 Å². The van der Waals surface area contributed by atoms with Crippen LogP contribution in [0.25, 0.3) is 11.0 Å². The molecule has 0 aliphatic carbocycles. The summed E-state index contributed by atoms with van der Waals surface area (Å²) in [5, 5.41) is 4.02. The molecule has 0 saturated heterocycles. The number of benzene rings is 1. The Balaban J connectivity index is 2.08. The zero-order valence-electron chi connectivity index (χ0n) is 12.6. The van der Waals surface area contributed by atoms with Gasteiger partial charge in [0.25, 0.3) is 0 Å². The molecule has 1 unspecified atom stereocenters. The number of fused-ring (bicyclic) bond motifs is 1. The molecule has 2 aromatic rings. The molecule has 2 N–H and O–H groups in total. The molecule has 0 saturated carbocycles. The maximum Gasteiger partial charge on any atom is 0.326 e. The molecular formula is C15H21N3O2S. The number of rotatable bonds is 7. The number of para-hydroxylation sites is 2. The first-order valence-electron chi connectivity index (χ1n) is 7.09. The van der Waals surface area contributed by atoms with E-state index in [0.717, 1.165) is 16.2 Å². The molecule has 1 aromatic heterocycles. The molecule has 1 heterocycles. The van der Waals surface area contributed by atoms with Crippen LogP contribution in [0, 0.1) is 0 Å². The number of carbonyl (C=O) groups is 1. The lowest BCUT2D eigenvalue weighted by Crippen LogP contribution is -2.52. The minimum absolute atomic E-state index is 0.226. The van der Waals surface area contributed by atoms with Crippen LogP contribution >= 0.6 is 11.8 Å². The van der Waals surface area contributed by atoms with Crippen LogP contribution in [-0.2, 0) is 9.53 Å². The summed E-state index contributed by atoms with van der Waals surface area (Å²) in [6, 6.07) is 7.88. The van der Waals surface area contributed by atoms with Crippen molar-refractivity contribution in [3.05, 3.63) is 24.3 Å². The summed E-state index contributed by atoms with van der Waals surface area (Å²) in [5.41, 5.74) is 1.22. The molecule has 5 nitrogen and oxygen atoms in total. The second-order valence-electron chi connectivity index (χ2n) is 4.93. The molecule has 0 spiro atoms. The number of esters is 1. The Morgan fingerprint density at radius 3 is 2.86 bits per heavy atom. The zero-order valence-corrected chi connectivity index (χ0v) is 13.4. The van der Waals surface area contributed by atoms with Gasteiger partial charge in [0.15, 0.2) is 5.16 Å². The summed E-state index contributed by atoms with van der Waals surface area (Å²) in [6.45, 7) is 6.75. The number of ether oxygens (including phenoxy) is 1. The van der Waals surface area contributed by atoms with E-state index in [-0.39, 0.29) is 5.97 Å². The predicted octanol–water partition coefficient (Wildman–Crippen LogP) is 2.59. The minimum Gasteiger partial charge on any atom is -0.465 e. The van der Waals surface area contributed by atoms with Crippen molar-refractivity contribution in [2.75, 3.05) is 18.9 Å². The van der Waals surface area contributed by atoms with Gasteiger partial charge in [-0.15, -0.1) is 0 Å². The number of thioether (sulfide) groups is 1. The van der Waals surface area contributed by atoms with Gasteiger partial charge in [0.1, 0.15) is 5.54 Å². The molecule has 0 bridgehead atoms. The summed E-state index contributed by atoms with van der Waals surface area (Å²) in [6.07, 6.45) is 0. The average Bonchev–Trinajstić information content (AvgIpc) is 2.88. The fraction of sp³-hybridized carbons (Fsp3) is 0.467. The van der Waals surface area contributed by atoms with E-state index in [1.807, 2.05) is 45.0 Å². The molecule has 0 amide bonds.